The van der Waals surface area contributed by atoms with Crippen LogP contribution in [0.1, 0.15) is 26.3 Å². The van der Waals surface area contributed by atoms with Crippen LogP contribution < -0.4 is 4.74 Å². The van der Waals surface area contributed by atoms with Gasteiger partial charge < -0.3 is 4.74 Å². The molecule has 2 amide bonds. The zero-order chi connectivity index (χ0) is 17.3. The largest absolute Gasteiger partial charge is 0.573 e. The van der Waals surface area contributed by atoms with Gasteiger partial charge >= 0.3 is 6.36 Å². The third-order valence-electron chi connectivity index (χ3n) is 3.36. The first kappa shape index (κ1) is 15.8. The first-order valence-corrected chi connectivity index (χ1v) is 6.86. The van der Waals surface area contributed by atoms with Crippen LogP contribution in [0, 0.1) is 0 Å². The van der Waals surface area contributed by atoms with E-state index in [1.807, 2.05) is 0 Å². The molecular formula is C17H10F3NO3. The highest BCUT2D eigenvalue weighted by atomic mass is 19.4. The van der Waals surface area contributed by atoms with E-state index in [0.717, 1.165) is 17.0 Å². The summed E-state index contributed by atoms with van der Waals surface area (Å²) >= 11 is 0. The summed E-state index contributed by atoms with van der Waals surface area (Å²) in [5.41, 5.74) is 1.16. The summed E-state index contributed by atoms with van der Waals surface area (Å²) in [7, 11) is 0. The molecular weight excluding hydrogens is 323 g/mol. The van der Waals surface area contributed by atoms with E-state index in [1.54, 1.807) is 24.3 Å². The van der Waals surface area contributed by atoms with E-state index in [0.29, 0.717) is 16.7 Å². The van der Waals surface area contributed by atoms with Gasteiger partial charge in [0, 0.05) is 6.20 Å². The molecule has 0 radical (unpaired) electrons. The van der Waals surface area contributed by atoms with Crippen molar-refractivity contribution in [3.8, 4) is 5.75 Å². The highest BCUT2D eigenvalue weighted by Gasteiger charge is 2.33. The van der Waals surface area contributed by atoms with Gasteiger partial charge in [-0.15, -0.1) is 13.2 Å². The van der Waals surface area contributed by atoms with E-state index >= 15 is 0 Å². The summed E-state index contributed by atoms with van der Waals surface area (Å²) in [6.07, 6.45) is -2.00. The highest BCUT2D eigenvalue weighted by Crippen LogP contribution is 2.25. The van der Waals surface area contributed by atoms with E-state index in [4.69, 9.17) is 0 Å². The predicted molar refractivity (Wildman–Crippen MR) is 79.1 cm³/mol. The average molecular weight is 333 g/mol. The summed E-state index contributed by atoms with van der Waals surface area (Å²) in [4.78, 5) is 25.3. The lowest BCUT2D eigenvalue weighted by Crippen LogP contribution is -2.23. The van der Waals surface area contributed by atoms with Crippen molar-refractivity contribution < 1.29 is 27.5 Å². The molecule has 0 aliphatic carbocycles. The number of imide groups is 1. The maximum atomic E-state index is 12.1. The number of hydrogen-bond acceptors (Lipinski definition) is 3. The van der Waals surface area contributed by atoms with Gasteiger partial charge in [-0.1, -0.05) is 24.3 Å². The number of carbonyl (C=O) groups excluding carboxylic acids is 2. The quantitative estimate of drug-likeness (QED) is 0.802. The van der Waals surface area contributed by atoms with Gasteiger partial charge in [0.15, 0.2) is 0 Å². The van der Waals surface area contributed by atoms with Crippen molar-refractivity contribution in [3.05, 3.63) is 71.4 Å². The van der Waals surface area contributed by atoms with Crippen molar-refractivity contribution >= 4 is 17.9 Å². The third kappa shape index (κ3) is 3.15. The molecule has 2 aromatic carbocycles. The van der Waals surface area contributed by atoms with Gasteiger partial charge in [0.25, 0.3) is 11.8 Å². The summed E-state index contributed by atoms with van der Waals surface area (Å²) < 4.78 is 40.0. The van der Waals surface area contributed by atoms with Crippen LogP contribution in [0.5, 0.6) is 5.75 Å². The molecule has 1 aliphatic heterocycles. The summed E-state index contributed by atoms with van der Waals surface area (Å²) in [5, 5.41) is 0. The lowest BCUT2D eigenvalue weighted by Gasteiger charge is -2.09. The number of rotatable bonds is 3. The van der Waals surface area contributed by atoms with Crippen LogP contribution in [-0.2, 0) is 0 Å². The third-order valence-corrected chi connectivity index (χ3v) is 3.36. The Kier molecular flexibility index (Phi) is 3.84. The second kappa shape index (κ2) is 5.84. The summed E-state index contributed by atoms with van der Waals surface area (Å²) in [6, 6.07) is 11.5. The average Bonchev–Trinajstić information content (AvgIpc) is 2.77. The fraction of sp³-hybridized carbons (Fsp3) is 0.0588. The molecule has 3 rings (SSSR count). The van der Waals surface area contributed by atoms with Crippen molar-refractivity contribution in [2.24, 2.45) is 0 Å². The number of fused-ring (bicyclic) bond motifs is 1. The van der Waals surface area contributed by atoms with Crippen molar-refractivity contribution in [1.29, 1.82) is 0 Å². The second-order valence-corrected chi connectivity index (χ2v) is 4.96. The molecule has 1 heterocycles. The monoisotopic (exact) mass is 333 g/mol. The standard InChI is InChI=1S/C17H10F3NO3/c18-17(19,20)24-12-7-5-11(6-8-12)9-10-21-15(22)13-3-1-2-4-14(13)16(21)23/h1-10H/b10-9+. The Morgan fingerprint density at radius 1 is 0.875 bits per heavy atom. The maximum Gasteiger partial charge on any atom is 0.573 e. The molecule has 0 atom stereocenters. The predicted octanol–water partition coefficient (Wildman–Crippen LogP) is 3.85. The number of ether oxygens (including phenoxy) is 1. The van der Waals surface area contributed by atoms with Gasteiger partial charge in [0.2, 0.25) is 0 Å². The summed E-state index contributed by atoms with van der Waals surface area (Å²) in [6.45, 7) is 0. The van der Waals surface area contributed by atoms with Crippen LogP contribution in [-0.4, -0.2) is 23.1 Å². The Morgan fingerprint density at radius 3 is 1.92 bits per heavy atom. The van der Waals surface area contributed by atoms with Gasteiger partial charge in [-0.05, 0) is 35.9 Å². The minimum atomic E-state index is -4.75. The molecule has 0 spiro atoms. The van der Waals surface area contributed by atoms with Crippen LogP contribution in [0.25, 0.3) is 6.08 Å². The fourth-order valence-electron chi connectivity index (χ4n) is 2.28. The van der Waals surface area contributed by atoms with Crippen LogP contribution >= 0.6 is 0 Å². The van der Waals surface area contributed by atoms with Crippen LogP contribution in [0.3, 0.4) is 0 Å². The molecule has 0 bridgehead atoms. The second-order valence-electron chi connectivity index (χ2n) is 4.96. The molecule has 2 aromatic rings. The summed E-state index contributed by atoms with van der Waals surface area (Å²) in [5.74, 6) is -1.23. The molecule has 7 heteroatoms. The lowest BCUT2D eigenvalue weighted by atomic mass is 10.1. The molecule has 0 N–H and O–H groups in total. The smallest absolute Gasteiger partial charge is 0.406 e. The fourth-order valence-corrected chi connectivity index (χ4v) is 2.28. The number of hydrogen-bond donors (Lipinski definition) is 0. The van der Waals surface area contributed by atoms with E-state index in [9.17, 15) is 22.8 Å². The van der Waals surface area contributed by atoms with Gasteiger partial charge in [0.05, 0.1) is 11.1 Å². The Hall–Kier alpha value is -3.09. The first-order chi connectivity index (χ1) is 11.3. The van der Waals surface area contributed by atoms with E-state index in [1.165, 1.54) is 24.4 Å². The van der Waals surface area contributed by atoms with Crippen LogP contribution in [0.2, 0.25) is 0 Å². The molecule has 24 heavy (non-hydrogen) atoms. The zero-order valence-corrected chi connectivity index (χ0v) is 12.1. The highest BCUT2D eigenvalue weighted by molar-refractivity contribution is 6.22. The molecule has 0 unspecified atom stereocenters. The molecule has 0 aromatic heterocycles. The van der Waals surface area contributed by atoms with Gasteiger partial charge in [0.1, 0.15) is 5.75 Å². The molecule has 0 fully saturated rings. The number of alkyl halides is 3. The van der Waals surface area contributed by atoms with Crippen molar-refractivity contribution in [1.82, 2.24) is 4.90 Å². The van der Waals surface area contributed by atoms with Crippen molar-refractivity contribution in [2.45, 2.75) is 6.36 Å². The number of carbonyl (C=O) groups is 2. The molecule has 0 saturated heterocycles. The maximum absolute atomic E-state index is 12.1. The lowest BCUT2D eigenvalue weighted by molar-refractivity contribution is -0.274. The molecule has 4 nitrogen and oxygen atoms in total. The van der Waals surface area contributed by atoms with E-state index < -0.39 is 18.2 Å². The minimum absolute atomic E-state index is 0.320. The normalized spacial score (nSPS) is 14.4. The number of benzene rings is 2. The number of halogens is 3. The molecule has 122 valence electrons. The molecule has 1 aliphatic rings. The Labute approximate surface area is 134 Å². The van der Waals surface area contributed by atoms with E-state index in [-0.39, 0.29) is 5.75 Å². The topological polar surface area (TPSA) is 46.6 Å². The molecule has 0 saturated carbocycles. The minimum Gasteiger partial charge on any atom is -0.406 e. The van der Waals surface area contributed by atoms with E-state index in [2.05, 4.69) is 4.74 Å². The van der Waals surface area contributed by atoms with Crippen LogP contribution in [0.4, 0.5) is 13.2 Å². The number of amides is 2. The van der Waals surface area contributed by atoms with Gasteiger partial charge in [-0.3, -0.25) is 9.59 Å². The van der Waals surface area contributed by atoms with Crippen LogP contribution in [0.15, 0.2) is 54.7 Å². The van der Waals surface area contributed by atoms with Gasteiger partial charge in [-0.2, -0.15) is 0 Å². The van der Waals surface area contributed by atoms with Crippen molar-refractivity contribution in [3.63, 3.8) is 0 Å². The first-order valence-electron chi connectivity index (χ1n) is 6.86. The number of nitrogens with zero attached hydrogens (tertiary/aromatic N) is 1. The Balaban J connectivity index is 1.75. The Bertz CT molecular complexity index is 791. The SMILES string of the molecule is O=C1c2ccccc2C(=O)N1/C=C/c1ccc(OC(F)(F)F)cc1. The zero-order valence-electron chi connectivity index (χ0n) is 12.1. The van der Waals surface area contributed by atoms with Gasteiger partial charge in [-0.25, -0.2) is 4.90 Å². The van der Waals surface area contributed by atoms with Crippen molar-refractivity contribution in [2.75, 3.05) is 0 Å². The Morgan fingerprint density at radius 2 is 1.42 bits per heavy atom.